The average molecular weight is 535 g/mol. The van der Waals surface area contributed by atoms with Crippen molar-refractivity contribution >= 4 is 34.6 Å². The quantitative estimate of drug-likeness (QED) is 0.278. The molecule has 1 aliphatic heterocycles. The zero-order chi connectivity index (χ0) is 27.0. The highest BCUT2D eigenvalue weighted by molar-refractivity contribution is 6.33. The fourth-order valence-corrected chi connectivity index (χ4v) is 5.41. The van der Waals surface area contributed by atoms with E-state index in [1.54, 1.807) is 71.3 Å². The van der Waals surface area contributed by atoms with Crippen LogP contribution in [0.15, 0.2) is 72.9 Å². The second-order valence-corrected chi connectivity index (χ2v) is 9.94. The maximum Gasteiger partial charge on any atom is 0.229 e. The Balaban J connectivity index is 1.38. The lowest BCUT2D eigenvalue weighted by Gasteiger charge is -2.23. The van der Waals surface area contributed by atoms with Gasteiger partial charge in [-0.2, -0.15) is 0 Å². The van der Waals surface area contributed by atoms with E-state index < -0.39 is 29.7 Å². The van der Waals surface area contributed by atoms with Crippen molar-refractivity contribution in [1.82, 2.24) is 9.30 Å². The summed E-state index contributed by atoms with van der Waals surface area (Å²) in [4.78, 5) is 40.0. The highest BCUT2D eigenvalue weighted by atomic mass is 35.5. The summed E-state index contributed by atoms with van der Waals surface area (Å²) in [5, 5.41) is 0.383. The summed E-state index contributed by atoms with van der Waals surface area (Å²) in [6, 6.07) is 17.6. The predicted octanol–water partition coefficient (Wildman–Crippen LogP) is 5.89. The molecule has 8 heteroatoms. The maximum absolute atomic E-state index is 15.4. The molecule has 5 rings (SSSR count). The van der Waals surface area contributed by atoms with Crippen molar-refractivity contribution in [2.75, 3.05) is 6.54 Å². The summed E-state index contributed by atoms with van der Waals surface area (Å²) in [5.74, 6) is -1.56. The Morgan fingerprint density at radius 1 is 0.974 bits per heavy atom. The average Bonchev–Trinajstić information content (AvgIpc) is 3.47. The third-order valence-electron chi connectivity index (χ3n) is 7.02. The molecular formula is C30H25ClF2N2O3. The van der Waals surface area contributed by atoms with Crippen LogP contribution in [0, 0.1) is 5.82 Å². The van der Waals surface area contributed by atoms with Crippen molar-refractivity contribution in [3.8, 4) is 11.1 Å². The van der Waals surface area contributed by atoms with Crippen LogP contribution in [0.3, 0.4) is 0 Å². The molecule has 5 nitrogen and oxygen atoms in total. The number of aromatic nitrogens is 1. The molecule has 38 heavy (non-hydrogen) atoms. The molecule has 1 amide bonds. The van der Waals surface area contributed by atoms with Crippen LogP contribution in [0.4, 0.5) is 8.78 Å². The van der Waals surface area contributed by atoms with Gasteiger partial charge in [-0.25, -0.2) is 8.78 Å². The number of benzene rings is 2. The molecule has 0 aliphatic carbocycles. The van der Waals surface area contributed by atoms with E-state index in [4.69, 9.17) is 11.6 Å². The van der Waals surface area contributed by atoms with Crippen molar-refractivity contribution in [2.24, 2.45) is 0 Å². The second kappa shape index (κ2) is 10.5. The number of hydrogen-bond donors (Lipinski definition) is 0. The number of carbonyl (C=O) groups excluding carboxylic acids is 3. The van der Waals surface area contributed by atoms with Crippen molar-refractivity contribution in [3.63, 3.8) is 0 Å². The van der Waals surface area contributed by atoms with Gasteiger partial charge in [0, 0.05) is 46.4 Å². The number of rotatable bonds is 7. The van der Waals surface area contributed by atoms with Crippen LogP contribution in [-0.4, -0.2) is 45.5 Å². The molecule has 1 saturated heterocycles. The van der Waals surface area contributed by atoms with Gasteiger partial charge in [0.2, 0.25) is 5.91 Å². The first-order valence-electron chi connectivity index (χ1n) is 12.3. The van der Waals surface area contributed by atoms with Gasteiger partial charge >= 0.3 is 0 Å². The smallest absolute Gasteiger partial charge is 0.229 e. The third-order valence-corrected chi connectivity index (χ3v) is 7.35. The molecule has 1 fully saturated rings. The van der Waals surface area contributed by atoms with Gasteiger partial charge in [0.15, 0.2) is 11.6 Å². The van der Waals surface area contributed by atoms with Crippen LogP contribution in [0.2, 0.25) is 5.02 Å². The largest absolute Gasteiger partial charge is 0.329 e. The monoisotopic (exact) mass is 534 g/mol. The zero-order valence-electron chi connectivity index (χ0n) is 20.7. The van der Waals surface area contributed by atoms with E-state index in [-0.39, 0.29) is 42.7 Å². The fourth-order valence-electron chi connectivity index (χ4n) is 5.17. The number of likely N-dealkylation sites (tertiary alicyclic amines) is 1. The molecular weight excluding hydrogens is 510 g/mol. The molecule has 0 N–H and O–H groups in total. The number of hydrogen-bond acceptors (Lipinski definition) is 3. The minimum Gasteiger partial charge on any atom is -0.329 e. The zero-order valence-corrected chi connectivity index (χ0v) is 21.4. The van der Waals surface area contributed by atoms with Gasteiger partial charge in [-0.15, -0.1) is 0 Å². The number of nitrogens with zero attached hydrogens (tertiary/aromatic N) is 2. The molecule has 0 bridgehead atoms. The van der Waals surface area contributed by atoms with Crippen molar-refractivity contribution in [2.45, 2.75) is 38.4 Å². The highest BCUT2D eigenvalue weighted by Crippen LogP contribution is 2.32. The summed E-state index contributed by atoms with van der Waals surface area (Å²) in [5.41, 5.74) is 2.67. The fraction of sp³-hybridized carbons (Fsp3) is 0.233. The van der Waals surface area contributed by atoms with E-state index >= 15 is 4.39 Å². The molecule has 0 radical (unpaired) electrons. The predicted molar refractivity (Wildman–Crippen MR) is 142 cm³/mol. The molecule has 0 spiro atoms. The maximum atomic E-state index is 15.4. The van der Waals surface area contributed by atoms with Crippen LogP contribution >= 0.6 is 11.6 Å². The Bertz CT molecular complexity index is 1560. The number of ketones is 2. The molecule has 2 aromatic carbocycles. The van der Waals surface area contributed by atoms with Gasteiger partial charge in [-0.1, -0.05) is 54.1 Å². The summed E-state index contributed by atoms with van der Waals surface area (Å²) in [6.07, 6.45) is -0.128. The normalized spacial score (nSPS) is 17.2. The molecule has 2 aromatic heterocycles. The lowest BCUT2D eigenvalue weighted by Crippen LogP contribution is -2.42. The molecule has 1 aliphatic rings. The highest BCUT2D eigenvalue weighted by Gasteiger charge is 2.39. The number of alkyl halides is 1. The van der Waals surface area contributed by atoms with E-state index in [1.807, 2.05) is 0 Å². The summed E-state index contributed by atoms with van der Waals surface area (Å²) >= 11 is 6.24. The van der Waals surface area contributed by atoms with Crippen molar-refractivity contribution in [3.05, 3.63) is 101 Å². The van der Waals surface area contributed by atoms with E-state index in [1.165, 1.54) is 17.9 Å². The van der Waals surface area contributed by atoms with Gasteiger partial charge in [0.05, 0.1) is 24.5 Å². The van der Waals surface area contributed by atoms with Crippen LogP contribution in [0.25, 0.3) is 16.6 Å². The lowest BCUT2D eigenvalue weighted by atomic mass is 9.96. The van der Waals surface area contributed by atoms with Crippen molar-refractivity contribution < 1.29 is 23.2 Å². The van der Waals surface area contributed by atoms with Gasteiger partial charge in [0.25, 0.3) is 0 Å². The Labute approximate surface area is 223 Å². The summed E-state index contributed by atoms with van der Waals surface area (Å²) < 4.78 is 31.7. The molecule has 194 valence electrons. The number of halogens is 3. The number of fused-ring (bicyclic) bond motifs is 1. The minimum absolute atomic E-state index is 0.106. The second-order valence-electron chi connectivity index (χ2n) is 9.53. The van der Waals surface area contributed by atoms with E-state index in [0.717, 1.165) is 0 Å². The first-order chi connectivity index (χ1) is 18.2. The Hall–Kier alpha value is -3.84. The van der Waals surface area contributed by atoms with Crippen LogP contribution < -0.4 is 0 Å². The molecule has 4 aromatic rings. The van der Waals surface area contributed by atoms with Crippen LogP contribution in [0.5, 0.6) is 0 Å². The van der Waals surface area contributed by atoms with E-state index in [2.05, 4.69) is 0 Å². The van der Waals surface area contributed by atoms with Gasteiger partial charge in [-0.3, -0.25) is 14.4 Å². The van der Waals surface area contributed by atoms with Crippen LogP contribution in [0.1, 0.15) is 35.0 Å². The third kappa shape index (κ3) is 4.86. The number of pyridine rings is 1. The van der Waals surface area contributed by atoms with E-state index in [9.17, 15) is 18.8 Å². The molecule has 3 heterocycles. The Kier molecular flexibility index (Phi) is 7.13. The molecule has 0 unspecified atom stereocenters. The lowest BCUT2D eigenvalue weighted by molar-refractivity contribution is -0.137. The Morgan fingerprint density at radius 3 is 2.47 bits per heavy atom. The molecule has 2 atom stereocenters. The molecule has 0 saturated carbocycles. The van der Waals surface area contributed by atoms with Gasteiger partial charge < -0.3 is 9.30 Å². The first-order valence-corrected chi connectivity index (χ1v) is 12.7. The standard InChI is InChI=1S/C30H25ClF2N2O3/c1-18(36)24-15-21(34-12-5-4-11-26(24)34)16-29(38)35-17-20(32)14-27(35)28(37)13-19-7-6-9-23(30(19)33)22-8-2-3-10-25(22)31/h2-12,15,20,27H,13-14,16-17H2,1H3/t20-,27+/m1/s1. The van der Waals surface area contributed by atoms with Crippen LogP contribution in [-0.2, 0) is 22.4 Å². The SMILES string of the molecule is CC(=O)c1cc(CC(=O)N2C[C@H](F)C[C@H]2C(=O)Cc2cccc(-c3ccccc3Cl)c2F)n2ccccc12. The first kappa shape index (κ1) is 25.8. The number of amides is 1. The van der Waals surface area contributed by atoms with Gasteiger partial charge in [0.1, 0.15) is 12.0 Å². The van der Waals surface area contributed by atoms with Crippen molar-refractivity contribution in [1.29, 1.82) is 0 Å². The summed E-state index contributed by atoms with van der Waals surface area (Å²) in [6.45, 7) is 1.25. The topological polar surface area (TPSA) is 58.9 Å². The number of Topliss-reactive ketones (excluding diaryl/α,β-unsaturated/α-hetero) is 2. The minimum atomic E-state index is -1.36. The van der Waals surface area contributed by atoms with Gasteiger partial charge in [-0.05, 0) is 36.8 Å². The van der Waals surface area contributed by atoms with E-state index in [0.29, 0.717) is 27.4 Å². The number of carbonyl (C=O) groups is 3. The Morgan fingerprint density at radius 2 is 1.71 bits per heavy atom. The summed E-state index contributed by atoms with van der Waals surface area (Å²) in [7, 11) is 0.